The minimum absolute atomic E-state index is 0.277. The number of ether oxygens (including phenoxy) is 1. The Kier molecular flexibility index (Phi) is 4.97. The lowest BCUT2D eigenvalue weighted by Crippen LogP contribution is -2.37. The van der Waals surface area contributed by atoms with E-state index in [1.165, 1.54) is 0 Å². The predicted octanol–water partition coefficient (Wildman–Crippen LogP) is 2.84. The maximum Gasteiger partial charge on any atom is 0.274 e. The van der Waals surface area contributed by atoms with Crippen LogP contribution < -0.4 is 10.2 Å². The number of halogens is 1. The quantitative estimate of drug-likeness (QED) is 0.925. The molecule has 3 rings (SSSR count). The fourth-order valence-corrected chi connectivity index (χ4v) is 2.71. The zero-order chi connectivity index (χ0) is 17.1. The fraction of sp³-hybridized carbons (Fsp3) is 0.353. The monoisotopic (exact) mass is 346 g/mol. The molecule has 24 heavy (non-hydrogen) atoms. The Morgan fingerprint density at radius 2 is 1.96 bits per heavy atom. The number of anilines is 2. The van der Waals surface area contributed by atoms with E-state index in [-0.39, 0.29) is 5.91 Å². The van der Waals surface area contributed by atoms with Gasteiger partial charge in [0, 0.05) is 29.9 Å². The van der Waals surface area contributed by atoms with Gasteiger partial charge in [0.15, 0.2) is 0 Å². The van der Waals surface area contributed by atoms with Gasteiger partial charge >= 0.3 is 0 Å². The Balaban J connectivity index is 1.84. The second-order valence-electron chi connectivity index (χ2n) is 5.67. The largest absolute Gasteiger partial charge is 0.378 e. The zero-order valence-electron chi connectivity index (χ0n) is 13.7. The van der Waals surface area contributed by atoms with Gasteiger partial charge in [-0.05, 0) is 31.5 Å². The van der Waals surface area contributed by atoms with Crippen LogP contribution in [0.3, 0.4) is 0 Å². The first-order valence-electron chi connectivity index (χ1n) is 7.79. The third-order valence-corrected chi connectivity index (χ3v) is 4.08. The Hall–Kier alpha value is -2.18. The zero-order valence-corrected chi connectivity index (χ0v) is 14.4. The van der Waals surface area contributed by atoms with Crippen LogP contribution in [0.4, 0.5) is 11.5 Å². The molecule has 1 fully saturated rings. The molecule has 0 bridgehead atoms. The summed E-state index contributed by atoms with van der Waals surface area (Å²) in [6, 6.07) is 7.10. The lowest BCUT2D eigenvalue weighted by atomic mass is 10.2. The van der Waals surface area contributed by atoms with Gasteiger partial charge in [-0.15, -0.1) is 0 Å². The van der Waals surface area contributed by atoms with Crippen molar-refractivity contribution >= 4 is 29.0 Å². The van der Waals surface area contributed by atoms with E-state index in [0.717, 1.165) is 24.5 Å². The average Bonchev–Trinajstić information content (AvgIpc) is 2.58. The van der Waals surface area contributed by atoms with E-state index in [9.17, 15) is 4.79 Å². The molecule has 0 atom stereocenters. The first-order valence-corrected chi connectivity index (χ1v) is 8.16. The summed E-state index contributed by atoms with van der Waals surface area (Å²) in [5.41, 5.74) is 1.95. The number of carbonyl (C=O) groups is 1. The first-order chi connectivity index (χ1) is 11.5. The van der Waals surface area contributed by atoms with Gasteiger partial charge in [-0.3, -0.25) is 4.79 Å². The molecule has 6 nitrogen and oxygen atoms in total. The van der Waals surface area contributed by atoms with Crippen LogP contribution in [-0.4, -0.2) is 42.2 Å². The van der Waals surface area contributed by atoms with E-state index in [1.807, 2.05) is 13.0 Å². The second-order valence-corrected chi connectivity index (χ2v) is 6.11. The van der Waals surface area contributed by atoms with Gasteiger partial charge in [0.05, 0.1) is 13.2 Å². The van der Waals surface area contributed by atoms with Gasteiger partial charge in [0.2, 0.25) is 0 Å². The summed E-state index contributed by atoms with van der Waals surface area (Å²) < 4.78 is 5.36. The van der Waals surface area contributed by atoms with Gasteiger partial charge < -0.3 is 15.0 Å². The van der Waals surface area contributed by atoms with Gasteiger partial charge in [-0.1, -0.05) is 17.7 Å². The number of aromatic nitrogens is 2. The molecule has 1 N–H and O–H groups in total. The van der Waals surface area contributed by atoms with Gasteiger partial charge in [0.1, 0.15) is 17.3 Å². The van der Waals surface area contributed by atoms with Crippen molar-refractivity contribution in [2.75, 3.05) is 36.5 Å². The molecular formula is C17H19ClN4O2. The van der Waals surface area contributed by atoms with E-state index in [0.29, 0.717) is 35.4 Å². The van der Waals surface area contributed by atoms with Crippen molar-refractivity contribution in [3.8, 4) is 0 Å². The molecule has 2 heterocycles. The molecule has 1 aromatic carbocycles. The Bertz CT molecular complexity index is 760. The number of benzene rings is 1. The van der Waals surface area contributed by atoms with Crippen LogP contribution in [0.15, 0.2) is 24.3 Å². The summed E-state index contributed by atoms with van der Waals surface area (Å²) in [6.45, 7) is 6.52. The Morgan fingerprint density at radius 1 is 1.21 bits per heavy atom. The number of hydrogen-bond donors (Lipinski definition) is 1. The number of hydrogen-bond acceptors (Lipinski definition) is 5. The standard InChI is InChI=1S/C17H19ClN4O2/c1-11-3-4-13(18)9-14(11)21-17(23)15-10-16(20-12(2)19-15)22-5-7-24-8-6-22/h3-4,9-10H,5-8H2,1-2H3,(H,21,23). The topological polar surface area (TPSA) is 67.4 Å². The molecule has 1 aliphatic rings. The van der Waals surface area contributed by atoms with E-state index in [2.05, 4.69) is 20.2 Å². The van der Waals surface area contributed by atoms with E-state index >= 15 is 0 Å². The molecule has 1 amide bonds. The van der Waals surface area contributed by atoms with Crippen LogP contribution in [0.2, 0.25) is 5.02 Å². The highest BCUT2D eigenvalue weighted by molar-refractivity contribution is 6.31. The molecule has 0 aliphatic carbocycles. The number of nitrogens with zero attached hydrogens (tertiary/aromatic N) is 3. The molecule has 2 aromatic rings. The van der Waals surface area contributed by atoms with Crippen molar-refractivity contribution in [3.63, 3.8) is 0 Å². The molecule has 0 spiro atoms. The van der Waals surface area contributed by atoms with Crippen LogP contribution in [-0.2, 0) is 4.74 Å². The number of morpholine rings is 1. The van der Waals surface area contributed by atoms with Crippen LogP contribution in [0.25, 0.3) is 0 Å². The number of carbonyl (C=O) groups excluding carboxylic acids is 1. The minimum atomic E-state index is -0.277. The van der Waals surface area contributed by atoms with Crippen LogP contribution in [0.5, 0.6) is 0 Å². The third-order valence-electron chi connectivity index (χ3n) is 3.84. The van der Waals surface area contributed by atoms with Crippen molar-refractivity contribution in [2.24, 2.45) is 0 Å². The van der Waals surface area contributed by atoms with Crippen molar-refractivity contribution in [3.05, 3.63) is 46.4 Å². The molecule has 0 unspecified atom stereocenters. The molecule has 1 saturated heterocycles. The van der Waals surface area contributed by atoms with Gasteiger partial charge in [0.25, 0.3) is 5.91 Å². The van der Waals surface area contributed by atoms with Crippen molar-refractivity contribution in [2.45, 2.75) is 13.8 Å². The van der Waals surface area contributed by atoms with Crippen molar-refractivity contribution < 1.29 is 9.53 Å². The highest BCUT2D eigenvalue weighted by atomic mass is 35.5. The molecule has 126 valence electrons. The number of rotatable bonds is 3. The maximum atomic E-state index is 12.6. The lowest BCUT2D eigenvalue weighted by molar-refractivity contribution is 0.102. The summed E-state index contributed by atoms with van der Waals surface area (Å²) in [7, 11) is 0. The Labute approximate surface area is 145 Å². The highest BCUT2D eigenvalue weighted by Gasteiger charge is 2.17. The smallest absolute Gasteiger partial charge is 0.274 e. The Morgan fingerprint density at radius 3 is 2.71 bits per heavy atom. The van der Waals surface area contributed by atoms with Crippen LogP contribution >= 0.6 is 11.6 Å². The average molecular weight is 347 g/mol. The van der Waals surface area contributed by atoms with E-state index in [1.54, 1.807) is 25.1 Å². The second kappa shape index (κ2) is 7.15. The summed E-state index contributed by atoms with van der Waals surface area (Å²) in [5, 5.41) is 3.44. The predicted molar refractivity (Wildman–Crippen MR) is 93.9 cm³/mol. The number of nitrogens with one attached hydrogen (secondary N) is 1. The normalized spacial score (nSPS) is 14.5. The molecule has 0 radical (unpaired) electrons. The summed E-state index contributed by atoms with van der Waals surface area (Å²) in [6.07, 6.45) is 0. The molecule has 1 aromatic heterocycles. The lowest BCUT2D eigenvalue weighted by Gasteiger charge is -2.28. The number of amides is 1. The van der Waals surface area contributed by atoms with Crippen LogP contribution in [0, 0.1) is 13.8 Å². The number of aryl methyl sites for hydroxylation is 2. The van der Waals surface area contributed by atoms with Crippen molar-refractivity contribution in [1.29, 1.82) is 0 Å². The minimum Gasteiger partial charge on any atom is -0.378 e. The van der Waals surface area contributed by atoms with Gasteiger partial charge in [-0.25, -0.2) is 9.97 Å². The molecular weight excluding hydrogens is 328 g/mol. The third kappa shape index (κ3) is 3.83. The summed E-state index contributed by atoms with van der Waals surface area (Å²) in [5.74, 6) is 1.03. The molecule has 7 heteroatoms. The van der Waals surface area contributed by atoms with E-state index < -0.39 is 0 Å². The fourth-order valence-electron chi connectivity index (χ4n) is 2.54. The molecule has 0 saturated carbocycles. The van der Waals surface area contributed by atoms with Gasteiger partial charge in [-0.2, -0.15) is 0 Å². The highest BCUT2D eigenvalue weighted by Crippen LogP contribution is 2.21. The summed E-state index contributed by atoms with van der Waals surface area (Å²) in [4.78, 5) is 23.4. The van der Waals surface area contributed by atoms with Crippen LogP contribution in [0.1, 0.15) is 21.9 Å². The maximum absolute atomic E-state index is 12.6. The SMILES string of the molecule is Cc1nc(C(=O)Nc2cc(Cl)ccc2C)cc(N2CCOCC2)n1. The van der Waals surface area contributed by atoms with Crippen molar-refractivity contribution in [1.82, 2.24) is 9.97 Å². The van der Waals surface area contributed by atoms with E-state index in [4.69, 9.17) is 16.3 Å². The first kappa shape index (κ1) is 16.7. The summed E-state index contributed by atoms with van der Waals surface area (Å²) >= 11 is 6.00. The molecule has 1 aliphatic heterocycles.